The highest BCUT2D eigenvalue weighted by molar-refractivity contribution is 7.90. The topological polar surface area (TPSA) is 58.2 Å². The lowest BCUT2D eigenvalue weighted by molar-refractivity contribution is -0.135. The lowest BCUT2D eigenvalue weighted by Gasteiger charge is -2.16. The van der Waals surface area contributed by atoms with E-state index in [9.17, 15) is 21.6 Å². The van der Waals surface area contributed by atoms with Crippen molar-refractivity contribution in [3.05, 3.63) is 0 Å². The van der Waals surface area contributed by atoms with E-state index >= 15 is 0 Å². The molecule has 0 rings (SSSR count). The number of halogens is 3. The Labute approximate surface area is 106 Å². The minimum atomic E-state index is -4.24. The molecular weight excluding hydrogens is 269 g/mol. The van der Waals surface area contributed by atoms with Gasteiger partial charge in [-0.1, -0.05) is 13.8 Å². The molecule has 0 aromatic carbocycles. The van der Waals surface area contributed by atoms with Crippen LogP contribution in [0.3, 0.4) is 0 Å². The molecule has 1 atom stereocenters. The second kappa shape index (κ2) is 7.30. The molecule has 0 fully saturated rings. The summed E-state index contributed by atoms with van der Waals surface area (Å²) in [7, 11) is -3.55. The fourth-order valence-corrected chi connectivity index (χ4v) is 2.19. The zero-order valence-electron chi connectivity index (χ0n) is 10.8. The lowest BCUT2D eigenvalue weighted by atomic mass is 10.3. The normalized spacial score (nSPS) is 15.1. The molecule has 0 heterocycles. The van der Waals surface area contributed by atoms with Crippen molar-refractivity contribution < 1.29 is 21.6 Å². The van der Waals surface area contributed by atoms with E-state index in [4.69, 9.17) is 0 Å². The van der Waals surface area contributed by atoms with E-state index in [0.29, 0.717) is 0 Å². The second-order valence-corrected chi connectivity index (χ2v) is 6.72. The molecule has 1 unspecified atom stereocenters. The van der Waals surface area contributed by atoms with Crippen LogP contribution in [0.15, 0.2) is 0 Å². The number of nitrogens with one attached hydrogen (secondary N) is 2. The van der Waals surface area contributed by atoms with Gasteiger partial charge in [0.05, 0.1) is 5.25 Å². The Morgan fingerprint density at radius 3 is 2.17 bits per heavy atom. The van der Waals surface area contributed by atoms with Crippen molar-refractivity contribution in [3.8, 4) is 0 Å². The van der Waals surface area contributed by atoms with Crippen LogP contribution >= 0.6 is 0 Å². The molecule has 0 amide bonds. The van der Waals surface area contributed by atoms with Crippen molar-refractivity contribution >= 4 is 10.0 Å². The highest BCUT2D eigenvalue weighted by Gasteiger charge is 2.27. The fraction of sp³-hybridized carbons (Fsp3) is 1.00. The molecule has 0 aromatic rings. The Morgan fingerprint density at radius 2 is 1.72 bits per heavy atom. The molecule has 0 aliphatic carbocycles. The minimum Gasteiger partial charge on any atom is -0.313 e. The Morgan fingerprint density at radius 1 is 1.17 bits per heavy atom. The van der Waals surface area contributed by atoms with Crippen molar-refractivity contribution in [1.82, 2.24) is 10.0 Å². The van der Waals surface area contributed by atoms with Crippen molar-refractivity contribution in [2.75, 3.05) is 13.1 Å². The molecule has 0 aliphatic rings. The summed E-state index contributed by atoms with van der Waals surface area (Å²) in [6.45, 7) is 5.37. The predicted octanol–water partition coefficient (Wildman–Crippen LogP) is 1.63. The van der Waals surface area contributed by atoms with Crippen LogP contribution in [0.1, 0.15) is 33.6 Å². The summed E-state index contributed by atoms with van der Waals surface area (Å²) < 4.78 is 61.0. The molecule has 0 spiro atoms. The first-order valence-electron chi connectivity index (χ1n) is 5.83. The van der Waals surface area contributed by atoms with Crippen LogP contribution in [-0.4, -0.2) is 39.0 Å². The largest absolute Gasteiger partial charge is 0.389 e. The maximum atomic E-state index is 11.9. The predicted molar refractivity (Wildman–Crippen MR) is 64.8 cm³/mol. The fourth-order valence-electron chi connectivity index (χ4n) is 1.16. The Bertz CT molecular complexity index is 329. The smallest absolute Gasteiger partial charge is 0.313 e. The summed E-state index contributed by atoms with van der Waals surface area (Å²) in [6.07, 6.45) is -5.46. The molecule has 8 heteroatoms. The SMILES string of the molecule is CC(C)NCC(C)S(=O)(=O)NCCCC(F)(F)F. The first-order valence-corrected chi connectivity index (χ1v) is 7.38. The molecule has 0 bridgehead atoms. The van der Waals surface area contributed by atoms with E-state index in [1.165, 1.54) is 6.92 Å². The van der Waals surface area contributed by atoms with Gasteiger partial charge in [-0.3, -0.25) is 0 Å². The van der Waals surface area contributed by atoms with Gasteiger partial charge in [-0.15, -0.1) is 0 Å². The first-order chi connectivity index (χ1) is 8.04. The maximum absolute atomic E-state index is 11.9. The Hall–Kier alpha value is -0.340. The van der Waals surface area contributed by atoms with Crippen molar-refractivity contribution in [3.63, 3.8) is 0 Å². The number of hydrogen-bond donors (Lipinski definition) is 2. The molecular formula is C10H21F3N2O2S. The molecule has 18 heavy (non-hydrogen) atoms. The average Bonchev–Trinajstić information content (AvgIpc) is 2.19. The average molecular weight is 290 g/mol. The summed E-state index contributed by atoms with van der Waals surface area (Å²) in [6, 6.07) is 0.160. The molecule has 0 radical (unpaired) electrons. The van der Waals surface area contributed by atoms with Gasteiger partial charge in [0.25, 0.3) is 0 Å². The van der Waals surface area contributed by atoms with E-state index in [0.717, 1.165) is 0 Å². The van der Waals surface area contributed by atoms with Gasteiger partial charge in [0.1, 0.15) is 0 Å². The summed E-state index contributed by atoms with van der Waals surface area (Å²) in [4.78, 5) is 0. The van der Waals surface area contributed by atoms with Gasteiger partial charge < -0.3 is 5.32 Å². The molecule has 0 saturated heterocycles. The minimum absolute atomic E-state index is 0.160. The third-order valence-electron chi connectivity index (χ3n) is 2.28. The monoisotopic (exact) mass is 290 g/mol. The molecule has 4 nitrogen and oxygen atoms in total. The van der Waals surface area contributed by atoms with Crippen molar-refractivity contribution in [1.29, 1.82) is 0 Å². The Kier molecular flexibility index (Phi) is 7.16. The highest BCUT2D eigenvalue weighted by atomic mass is 32.2. The first kappa shape index (κ1) is 17.7. The number of alkyl halides is 3. The van der Waals surface area contributed by atoms with E-state index in [-0.39, 0.29) is 25.6 Å². The van der Waals surface area contributed by atoms with Gasteiger partial charge in [-0.25, -0.2) is 13.1 Å². The number of sulfonamides is 1. The van der Waals surface area contributed by atoms with E-state index in [2.05, 4.69) is 10.0 Å². The molecule has 110 valence electrons. The lowest BCUT2D eigenvalue weighted by Crippen LogP contribution is -2.41. The van der Waals surface area contributed by atoms with Gasteiger partial charge in [-0.2, -0.15) is 13.2 Å². The van der Waals surface area contributed by atoms with Crippen LogP contribution in [0, 0.1) is 0 Å². The molecule has 0 saturated carbocycles. The summed E-state index contributed by atoms with van der Waals surface area (Å²) in [5.41, 5.74) is 0. The third-order valence-corrected chi connectivity index (χ3v) is 4.12. The number of hydrogen-bond acceptors (Lipinski definition) is 3. The maximum Gasteiger partial charge on any atom is 0.389 e. The van der Waals surface area contributed by atoms with E-state index in [1.54, 1.807) is 0 Å². The van der Waals surface area contributed by atoms with Crippen LogP contribution in [0.25, 0.3) is 0 Å². The zero-order chi connectivity index (χ0) is 14.4. The van der Waals surface area contributed by atoms with Gasteiger partial charge in [0, 0.05) is 25.6 Å². The van der Waals surface area contributed by atoms with Crippen LogP contribution in [0.2, 0.25) is 0 Å². The second-order valence-electron chi connectivity index (χ2n) is 4.53. The molecule has 2 N–H and O–H groups in total. The van der Waals surface area contributed by atoms with E-state index in [1.807, 2.05) is 13.8 Å². The van der Waals surface area contributed by atoms with Crippen LogP contribution in [0.4, 0.5) is 13.2 Å². The molecule has 0 aliphatic heterocycles. The summed E-state index contributed by atoms with van der Waals surface area (Å²) in [5, 5.41) is 2.29. The van der Waals surface area contributed by atoms with Crippen LogP contribution in [-0.2, 0) is 10.0 Å². The highest BCUT2D eigenvalue weighted by Crippen LogP contribution is 2.20. The van der Waals surface area contributed by atoms with Crippen molar-refractivity contribution in [2.24, 2.45) is 0 Å². The zero-order valence-corrected chi connectivity index (χ0v) is 11.7. The van der Waals surface area contributed by atoms with Gasteiger partial charge in [0.2, 0.25) is 10.0 Å². The van der Waals surface area contributed by atoms with Gasteiger partial charge in [0.15, 0.2) is 0 Å². The van der Waals surface area contributed by atoms with Gasteiger partial charge >= 0.3 is 6.18 Å². The quantitative estimate of drug-likeness (QED) is 0.668. The van der Waals surface area contributed by atoms with Crippen molar-refractivity contribution in [2.45, 2.75) is 51.1 Å². The van der Waals surface area contributed by atoms with Crippen LogP contribution in [0.5, 0.6) is 0 Å². The van der Waals surface area contributed by atoms with E-state index < -0.39 is 27.9 Å². The summed E-state index contributed by atoms with van der Waals surface area (Å²) >= 11 is 0. The van der Waals surface area contributed by atoms with Gasteiger partial charge in [-0.05, 0) is 13.3 Å². The standard InChI is InChI=1S/C10H21F3N2O2S/c1-8(2)14-7-9(3)18(16,17)15-6-4-5-10(11,12)13/h8-9,14-15H,4-7H2,1-3H3. The Balaban J connectivity index is 4.00. The number of rotatable bonds is 8. The van der Waals surface area contributed by atoms with Crippen LogP contribution < -0.4 is 10.0 Å². The molecule has 0 aromatic heterocycles. The summed E-state index contributed by atoms with van der Waals surface area (Å²) in [5.74, 6) is 0. The third kappa shape index (κ3) is 8.71.